The summed E-state index contributed by atoms with van der Waals surface area (Å²) in [6.45, 7) is 11.0. The molecule has 3 rings (SSSR count). The highest BCUT2D eigenvalue weighted by molar-refractivity contribution is 6.13. The minimum absolute atomic E-state index is 0.0501. The molecule has 1 aromatic rings. The molecule has 1 N–H and O–H groups in total. The molecular formula is C26H35N3O7. The molecule has 10 heteroatoms. The van der Waals surface area contributed by atoms with Gasteiger partial charge in [-0.15, -0.1) is 0 Å². The highest BCUT2D eigenvalue weighted by atomic mass is 16.6. The normalized spacial score (nSPS) is 18.3. The highest BCUT2D eigenvalue weighted by Crippen LogP contribution is 2.33. The van der Waals surface area contributed by atoms with Crippen LogP contribution in [0.3, 0.4) is 0 Å². The van der Waals surface area contributed by atoms with E-state index >= 15 is 0 Å². The summed E-state index contributed by atoms with van der Waals surface area (Å²) in [5.41, 5.74) is 0.508. The zero-order chi connectivity index (χ0) is 26.8. The van der Waals surface area contributed by atoms with Crippen molar-refractivity contribution >= 4 is 35.5 Å². The fourth-order valence-electron chi connectivity index (χ4n) is 4.18. The van der Waals surface area contributed by atoms with Gasteiger partial charge < -0.3 is 19.7 Å². The van der Waals surface area contributed by atoms with Crippen molar-refractivity contribution in [3.05, 3.63) is 29.3 Å². The van der Waals surface area contributed by atoms with Crippen LogP contribution in [0.5, 0.6) is 0 Å². The lowest BCUT2D eigenvalue weighted by Gasteiger charge is -2.35. The molecule has 10 nitrogen and oxygen atoms in total. The van der Waals surface area contributed by atoms with Crippen molar-refractivity contribution in [1.29, 1.82) is 0 Å². The summed E-state index contributed by atoms with van der Waals surface area (Å²) < 4.78 is 10.6. The molecule has 1 saturated heterocycles. The number of anilines is 1. The van der Waals surface area contributed by atoms with Crippen LogP contribution < -0.4 is 5.32 Å². The first-order valence-electron chi connectivity index (χ1n) is 12.2. The van der Waals surface area contributed by atoms with Crippen LogP contribution in [0.25, 0.3) is 0 Å². The van der Waals surface area contributed by atoms with E-state index in [0.717, 1.165) is 11.3 Å². The summed E-state index contributed by atoms with van der Waals surface area (Å²) in [4.78, 5) is 65.1. The Labute approximate surface area is 211 Å². The predicted octanol–water partition coefficient (Wildman–Crippen LogP) is 3.63. The van der Waals surface area contributed by atoms with Gasteiger partial charge in [-0.2, -0.15) is 4.90 Å². The van der Waals surface area contributed by atoms with Gasteiger partial charge in [0.1, 0.15) is 17.2 Å². The number of carbonyl (C=O) groups is 5. The van der Waals surface area contributed by atoms with Crippen LogP contribution in [0.15, 0.2) is 18.2 Å². The number of hydrogen-bond acceptors (Lipinski definition) is 8. The van der Waals surface area contributed by atoms with Gasteiger partial charge in [0, 0.05) is 42.7 Å². The summed E-state index contributed by atoms with van der Waals surface area (Å²) in [6.07, 6.45) is -0.139. The van der Waals surface area contributed by atoms with Gasteiger partial charge >= 0.3 is 12.1 Å². The maximum Gasteiger partial charge on any atom is 0.424 e. The quantitative estimate of drug-likeness (QED) is 0.356. The van der Waals surface area contributed by atoms with E-state index in [9.17, 15) is 24.0 Å². The lowest BCUT2D eigenvalue weighted by atomic mass is 10.0. The third-order valence-corrected chi connectivity index (χ3v) is 5.63. The highest BCUT2D eigenvalue weighted by Gasteiger charge is 2.46. The second-order valence-corrected chi connectivity index (χ2v) is 11.0. The second kappa shape index (κ2) is 10.3. The first kappa shape index (κ1) is 27.2. The fraction of sp³-hybridized carbons (Fsp3) is 0.577. The smallest absolute Gasteiger partial charge is 0.424 e. The molecule has 2 aliphatic heterocycles. The number of ether oxygens (including phenoxy) is 2. The minimum Gasteiger partial charge on any atom is -0.460 e. The number of esters is 1. The number of benzene rings is 1. The van der Waals surface area contributed by atoms with Gasteiger partial charge in [0.15, 0.2) is 0 Å². The number of imide groups is 3. The van der Waals surface area contributed by atoms with Crippen molar-refractivity contribution in [2.45, 2.75) is 91.0 Å². The van der Waals surface area contributed by atoms with Crippen LogP contribution in [0.2, 0.25) is 0 Å². The Hall–Kier alpha value is -3.43. The van der Waals surface area contributed by atoms with Gasteiger partial charge in [-0.3, -0.25) is 19.2 Å². The predicted molar refractivity (Wildman–Crippen MR) is 131 cm³/mol. The van der Waals surface area contributed by atoms with Crippen molar-refractivity contribution < 1.29 is 33.4 Å². The molecule has 1 aromatic carbocycles. The first-order valence-corrected chi connectivity index (χ1v) is 12.2. The Balaban J connectivity index is 1.67. The maximum atomic E-state index is 13.2. The Bertz CT molecular complexity index is 1070. The van der Waals surface area contributed by atoms with E-state index in [2.05, 4.69) is 5.32 Å². The Morgan fingerprint density at radius 2 is 1.69 bits per heavy atom. The average molecular weight is 502 g/mol. The van der Waals surface area contributed by atoms with E-state index in [-0.39, 0.29) is 37.7 Å². The summed E-state index contributed by atoms with van der Waals surface area (Å²) in [5, 5.41) is 3.27. The Kier molecular flexibility index (Phi) is 7.76. The number of fused-ring (bicyclic) bond motifs is 1. The number of likely N-dealkylation sites (tertiary alicyclic amines) is 1. The van der Waals surface area contributed by atoms with E-state index in [1.165, 1.54) is 4.90 Å². The number of amides is 4. The summed E-state index contributed by atoms with van der Waals surface area (Å²) in [6, 6.07) is 4.32. The maximum absolute atomic E-state index is 13.2. The third kappa shape index (κ3) is 6.41. The van der Waals surface area contributed by atoms with Gasteiger partial charge in [0.05, 0.1) is 0 Å². The van der Waals surface area contributed by atoms with Gasteiger partial charge in [-0.1, -0.05) is 6.07 Å². The molecule has 0 aliphatic carbocycles. The van der Waals surface area contributed by atoms with Gasteiger partial charge in [0.25, 0.3) is 11.8 Å². The molecule has 0 saturated carbocycles. The molecule has 36 heavy (non-hydrogen) atoms. The van der Waals surface area contributed by atoms with Crippen molar-refractivity contribution in [2.24, 2.45) is 0 Å². The molecule has 1 atom stereocenters. The summed E-state index contributed by atoms with van der Waals surface area (Å²) in [7, 11) is 0. The molecule has 0 spiro atoms. The van der Waals surface area contributed by atoms with Crippen molar-refractivity contribution in [2.75, 3.05) is 11.9 Å². The van der Waals surface area contributed by atoms with Gasteiger partial charge in [-0.25, -0.2) is 4.79 Å². The standard InChI is InChI=1S/C26H35N3O7/c1-25(2,3)35-21(31)11-8-14-27-18-10-7-9-16-17(18)15-28(22(16)32)19-12-13-20(30)29(23(19)33)24(34)36-26(4,5)6/h7,9-10,19,27H,8,11-15H2,1-6H3. The van der Waals surface area contributed by atoms with Crippen molar-refractivity contribution in [1.82, 2.24) is 9.80 Å². The van der Waals surface area contributed by atoms with E-state index in [0.29, 0.717) is 23.4 Å². The molecule has 0 radical (unpaired) electrons. The second-order valence-electron chi connectivity index (χ2n) is 11.0. The zero-order valence-corrected chi connectivity index (χ0v) is 21.8. The molecule has 4 amide bonds. The fourth-order valence-corrected chi connectivity index (χ4v) is 4.18. The van der Waals surface area contributed by atoms with E-state index < -0.39 is 35.2 Å². The molecule has 1 fully saturated rings. The van der Waals surface area contributed by atoms with Crippen LogP contribution in [-0.4, -0.2) is 63.4 Å². The zero-order valence-electron chi connectivity index (χ0n) is 21.8. The van der Waals surface area contributed by atoms with E-state index in [1.54, 1.807) is 32.9 Å². The number of rotatable bonds is 6. The largest absolute Gasteiger partial charge is 0.460 e. The summed E-state index contributed by atoms with van der Waals surface area (Å²) >= 11 is 0. The van der Waals surface area contributed by atoms with Crippen LogP contribution in [-0.2, 0) is 30.4 Å². The van der Waals surface area contributed by atoms with Crippen molar-refractivity contribution in [3.63, 3.8) is 0 Å². The number of carbonyl (C=O) groups excluding carboxylic acids is 5. The SMILES string of the molecule is CC(C)(C)OC(=O)CCCNc1cccc2c1CN(C1CCC(=O)N(C(=O)OC(C)(C)C)C1=O)C2=O. The Morgan fingerprint density at radius 3 is 2.33 bits per heavy atom. The molecule has 1 unspecified atom stereocenters. The van der Waals surface area contributed by atoms with Crippen LogP contribution in [0, 0.1) is 0 Å². The molecule has 196 valence electrons. The molecule has 2 aliphatic rings. The van der Waals surface area contributed by atoms with Gasteiger partial charge in [-0.05, 0) is 66.5 Å². The minimum atomic E-state index is -1.03. The van der Waals surface area contributed by atoms with Crippen LogP contribution in [0.4, 0.5) is 10.5 Å². The molecule has 0 bridgehead atoms. The monoisotopic (exact) mass is 501 g/mol. The average Bonchev–Trinajstić information content (AvgIpc) is 3.06. The van der Waals surface area contributed by atoms with Crippen LogP contribution >= 0.6 is 0 Å². The third-order valence-electron chi connectivity index (χ3n) is 5.63. The topological polar surface area (TPSA) is 122 Å². The number of nitrogens with one attached hydrogen (secondary N) is 1. The number of piperidine rings is 1. The first-order chi connectivity index (χ1) is 16.7. The van der Waals surface area contributed by atoms with E-state index in [4.69, 9.17) is 9.47 Å². The summed E-state index contributed by atoms with van der Waals surface area (Å²) in [5.74, 6) is -2.00. The Morgan fingerprint density at radius 1 is 1.03 bits per heavy atom. The van der Waals surface area contributed by atoms with Crippen molar-refractivity contribution in [3.8, 4) is 0 Å². The molecular weight excluding hydrogens is 466 g/mol. The lowest BCUT2D eigenvalue weighted by molar-refractivity contribution is -0.155. The van der Waals surface area contributed by atoms with E-state index in [1.807, 2.05) is 26.8 Å². The molecule has 0 aromatic heterocycles. The molecule has 2 heterocycles. The van der Waals surface area contributed by atoms with Gasteiger partial charge in [0.2, 0.25) is 5.91 Å². The lowest BCUT2D eigenvalue weighted by Crippen LogP contribution is -2.57. The number of hydrogen-bond donors (Lipinski definition) is 1. The van der Waals surface area contributed by atoms with Crippen LogP contribution in [0.1, 0.15) is 83.1 Å². The number of nitrogens with zero attached hydrogens (tertiary/aromatic N) is 2.